The van der Waals surface area contributed by atoms with Gasteiger partial charge in [-0.2, -0.15) is 0 Å². The molecule has 4 heteroatoms. The summed E-state index contributed by atoms with van der Waals surface area (Å²) in [4.78, 5) is 1.27. The topological polar surface area (TPSA) is 0 Å². The molecule has 0 heterocycles. The van der Waals surface area contributed by atoms with Gasteiger partial charge in [-0.3, -0.25) is 0 Å². The smallest absolute Gasteiger partial charge is 0.116 e. The summed E-state index contributed by atoms with van der Waals surface area (Å²) in [6, 6.07) is 8.10. The maximum Gasteiger partial charge on any atom is 0.116 e. The van der Waals surface area contributed by atoms with Gasteiger partial charge in [0, 0.05) is 10.2 Å². The maximum atomic E-state index is 5.76. The van der Waals surface area contributed by atoms with Crippen molar-refractivity contribution in [2.75, 3.05) is 5.75 Å². The summed E-state index contributed by atoms with van der Waals surface area (Å²) in [7, 11) is 0. The third-order valence-corrected chi connectivity index (χ3v) is 4.10. The van der Waals surface area contributed by atoms with Gasteiger partial charge in [0.15, 0.2) is 0 Å². The number of rotatable bonds is 3. The number of benzene rings is 1. The van der Waals surface area contributed by atoms with Gasteiger partial charge in [0.2, 0.25) is 0 Å². The van der Waals surface area contributed by atoms with Crippen LogP contribution < -0.4 is 5.30 Å². The first-order chi connectivity index (χ1) is 5.74. The van der Waals surface area contributed by atoms with E-state index in [9.17, 15) is 0 Å². The summed E-state index contributed by atoms with van der Waals surface area (Å²) in [5.41, 5.74) is 0. The van der Waals surface area contributed by atoms with Crippen molar-refractivity contribution in [3.8, 4) is 0 Å². The highest BCUT2D eigenvalue weighted by Crippen LogP contribution is 2.45. The Bertz CT molecular complexity index is 235. The Morgan fingerprint density at radius 1 is 1.25 bits per heavy atom. The minimum absolute atomic E-state index is 0.982. The van der Waals surface area contributed by atoms with Gasteiger partial charge in [-0.05, 0) is 17.9 Å². The van der Waals surface area contributed by atoms with E-state index in [4.69, 9.17) is 22.5 Å². The van der Waals surface area contributed by atoms with Crippen LogP contribution in [0.4, 0.5) is 0 Å². The Labute approximate surface area is 88.0 Å². The highest BCUT2D eigenvalue weighted by Gasteiger charge is 2.02. The van der Waals surface area contributed by atoms with Crippen molar-refractivity contribution < 1.29 is 0 Å². The molecular formula is C8H9Cl2PS. The van der Waals surface area contributed by atoms with Gasteiger partial charge in [-0.1, -0.05) is 41.5 Å². The average Bonchev–Trinajstić information content (AvgIpc) is 2.06. The molecule has 0 radical (unpaired) electrons. The fourth-order valence-corrected chi connectivity index (χ4v) is 2.53. The van der Waals surface area contributed by atoms with Crippen LogP contribution in [-0.4, -0.2) is 5.75 Å². The van der Waals surface area contributed by atoms with Crippen molar-refractivity contribution in [3.05, 3.63) is 24.3 Å². The molecule has 0 bridgehead atoms. The molecule has 1 rings (SSSR count). The van der Waals surface area contributed by atoms with Crippen molar-refractivity contribution in [2.24, 2.45) is 0 Å². The SMILES string of the molecule is CCSc1ccc(P(Cl)Cl)cc1. The maximum absolute atomic E-state index is 5.76. The van der Waals surface area contributed by atoms with Crippen molar-refractivity contribution in [1.29, 1.82) is 0 Å². The quantitative estimate of drug-likeness (QED) is 0.562. The lowest BCUT2D eigenvalue weighted by molar-refractivity contribution is 1.44. The number of hydrogen-bond acceptors (Lipinski definition) is 1. The van der Waals surface area contributed by atoms with Crippen LogP contribution >= 0.6 is 40.9 Å². The number of halogens is 2. The zero-order valence-corrected chi connectivity index (χ0v) is 9.85. The van der Waals surface area contributed by atoms with Gasteiger partial charge in [0.05, 0.1) is 0 Å². The van der Waals surface area contributed by atoms with Crippen molar-refractivity contribution >= 4 is 46.2 Å². The first-order valence-corrected chi connectivity index (χ1v) is 7.72. The van der Waals surface area contributed by atoms with Crippen LogP contribution in [-0.2, 0) is 0 Å². The molecule has 0 nitrogen and oxygen atoms in total. The molecule has 0 spiro atoms. The van der Waals surface area contributed by atoms with Crippen LogP contribution in [0.3, 0.4) is 0 Å². The van der Waals surface area contributed by atoms with Crippen LogP contribution in [0.1, 0.15) is 6.92 Å². The average molecular weight is 239 g/mol. The van der Waals surface area contributed by atoms with Crippen LogP contribution in [0.5, 0.6) is 0 Å². The largest absolute Gasteiger partial charge is 0.126 e. The van der Waals surface area contributed by atoms with Crippen LogP contribution in [0.15, 0.2) is 29.2 Å². The van der Waals surface area contributed by atoms with Crippen molar-refractivity contribution in [2.45, 2.75) is 11.8 Å². The molecule has 66 valence electrons. The highest BCUT2D eigenvalue weighted by atomic mass is 35.9. The fourth-order valence-electron chi connectivity index (χ4n) is 0.822. The molecule has 0 saturated heterocycles. The third-order valence-electron chi connectivity index (χ3n) is 1.34. The second kappa shape index (κ2) is 5.34. The molecule has 12 heavy (non-hydrogen) atoms. The summed E-state index contributed by atoms with van der Waals surface area (Å²) in [6.45, 7) is 1.15. The van der Waals surface area contributed by atoms with Gasteiger partial charge >= 0.3 is 0 Å². The lowest BCUT2D eigenvalue weighted by Crippen LogP contribution is -1.92. The minimum Gasteiger partial charge on any atom is -0.126 e. The molecular weight excluding hydrogens is 230 g/mol. The molecule has 1 aromatic carbocycles. The third kappa shape index (κ3) is 3.14. The van der Waals surface area contributed by atoms with E-state index >= 15 is 0 Å². The minimum atomic E-state index is -0.982. The standard InChI is InChI=1S/C8H9Cl2PS/c1-2-12-8-5-3-7(4-6-8)11(9)10/h3-6H,2H2,1H3. The normalized spacial score (nSPS) is 10.7. The van der Waals surface area contributed by atoms with E-state index in [-0.39, 0.29) is 0 Å². The Balaban J connectivity index is 2.71. The zero-order valence-electron chi connectivity index (χ0n) is 6.63. The van der Waals surface area contributed by atoms with Gasteiger partial charge < -0.3 is 0 Å². The summed E-state index contributed by atoms with van der Waals surface area (Å²) in [5.74, 6) is 1.09. The van der Waals surface area contributed by atoms with Crippen LogP contribution in [0.25, 0.3) is 0 Å². The highest BCUT2D eigenvalue weighted by molar-refractivity contribution is 8.08. The number of hydrogen-bond donors (Lipinski definition) is 0. The first-order valence-electron chi connectivity index (χ1n) is 3.58. The summed E-state index contributed by atoms with van der Waals surface area (Å²) in [6.07, 6.45) is 0. The van der Waals surface area contributed by atoms with E-state index in [1.165, 1.54) is 4.90 Å². The zero-order chi connectivity index (χ0) is 8.97. The molecule has 0 aromatic heterocycles. The van der Waals surface area contributed by atoms with Crippen LogP contribution in [0, 0.1) is 0 Å². The molecule has 0 N–H and O–H groups in total. The molecule has 0 aliphatic heterocycles. The molecule has 0 unspecified atom stereocenters. The van der Waals surface area contributed by atoms with E-state index in [1.54, 1.807) is 0 Å². The predicted octanol–water partition coefficient (Wildman–Crippen LogP) is 4.21. The van der Waals surface area contributed by atoms with E-state index in [0.29, 0.717) is 0 Å². The fraction of sp³-hybridized carbons (Fsp3) is 0.250. The summed E-state index contributed by atoms with van der Waals surface area (Å²) >= 11 is 13.3. The molecule has 0 saturated carbocycles. The lowest BCUT2D eigenvalue weighted by atomic mass is 10.4. The molecule has 0 aliphatic rings. The molecule has 0 aliphatic carbocycles. The van der Waals surface area contributed by atoms with E-state index in [2.05, 4.69) is 19.1 Å². The lowest BCUT2D eigenvalue weighted by Gasteiger charge is -2.02. The predicted molar refractivity (Wildman–Crippen MR) is 61.1 cm³/mol. The van der Waals surface area contributed by atoms with Crippen LogP contribution in [0.2, 0.25) is 0 Å². The summed E-state index contributed by atoms with van der Waals surface area (Å²) in [5, 5.41) is 1.02. The van der Waals surface area contributed by atoms with Gasteiger partial charge in [0.1, 0.15) is 6.63 Å². The van der Waals surface area contributed by atoms with Crippen molar-refractivity contribution in [1.82, 2.24) is 0 Å². The Hall–Kier alpha value is 0.580. The Morgan fingerprint density at radius 3 is 2.25 bits per heavy atom. The molecule has 1 aromatic rings. The van der Waals surface area contributed by atoms with Crippen molar-refractivity contribution in [3.63, 3.8) is 0 Å². The van der Waals surface area contributed by atoms with Gasteiger partial charge in [-0.25, -0.2) is 0 Å². The second-order valence-corrected chi connectivity index (χ2v) is 7.03. The van der Waals surface area contributed by atoms with Gasteiger partial charge in [-0.15, -0.1) is 11.8 Å². The summed E-state index contributed by atoms with van der Waals surface area (Å²) < 4.78 is 0. The van der Waals surface area contributed by atoms with E-state index in [1.807, 2.05) is 23.9 Å². The Morgan fingerprint density at radius 2 is 1.83 bits per heavy atom. The van der Waals surface area contributed by atoms with E-state index < -0.39 is 6.63 Å². The number of thioether (sulfide) groups is 1. The molecule has 0 amide bonds. The van der Waals surface area contributed by atoms with Gasteiger partial charge in [0.25, 0.3) is 0 Å². The molecule has 0 atom stereocenters. The first kappa shape index (κ1) is 10.7. The van der Waals surface area contributed by atoms with E-state index in [0.717, 1.165) is 11.1 Å². The second-order valence-electron chi connectivity index (χ2n) is 2.16. The monoisotopic (exact) mass is 238 g/mol. The molecule has 0 fully saturated rings. The Kier molecular flexibility index (Phi) is 4.74.